The monoisotopic (exact) mass is 540 g/mol. The highest BCUT2D eigenvalue weighted by atomic mass is 19.1. The number of nitrogens with zero attached hydrogens (tertiary/aromatic N) is 4. The first-order valence-electron chi connectivity index (χ1n) is 14.4. The minimum absolute atomic E-state index is 0.0827. The van der Waals surface area contributed by atoms with Crippen molar-refractivity contribution in [3.05, 3.63) is 93.3 Å². The first-order chi connectivity index (χ1) is 19.0. The molecule has 210 valence electrons. The van der Waals surface area contributed by atoms with Crippen molar-refractivity contribution in [3.8, 4) is 0 Å². The van der Waals surface area contributed by atoms with Crippen molar-refractivity contribution < 1.29 is 9.18 Å². The maximum atomic E-state index is 14.7. The minimum Gasteiger partial charge on any atom is -0.299 e. The number of halogens is 1. The number of hydrogen-bond donors (Lipinski definition) is 0. The molecule has 0 N–H and O–H groups in total. The number of fused-ring (bicyclic) bond motifs is 2. The fourth-order valence-corrected chi connectivity index (χ4v) is 6.43. The predicted octanol–water partition coefficient (Wildman–Crippen LogP) is 7.06. The van der Waals surface area contributed by atoms with Gasteiger partial charge in [0.2, 0.25) is 0 Å². The van der Waals surface area contributed by atoms with Crippen molar-refractivity contribution in [1.29, 1.82) is 0 Å². The first-order valence-corrected chi connectivity index (χ1v) is 14.4. The van der Waals surface area contributed by atoms with Crippen molar-refractivity contribution >= 4 is 16.8 Å². The molecule has 2 atom stereocenters. The molecule has 1 aliphatic rings. The number of ketones is 1. The van der Waals surface area contributed by atoms with Crippen LogP contribution in [0.1, 0.15) is 79.0 Å². The lowest BCUT2D eigenvalue weighted by atomic mass is 9.68. The molecule has 0 bridgehead atoms. The number of Topliss-reactive ketones (excluding diaryl/α,β-unsaturated/α-hetero) is 1. The van der Waals surface area contributed by atoms with E-state index < -0.39 is 5.41 Å². The number of rotatable bonds is 7. The van der Waals surface area contributed by atoms with Crippen LogP contribution in [-0.4, -0.2) is 32.2 Å². The van der Waals surface area contributed by atoms with Crippen molar-refractivity contribution in [1.82, 2.24) is 19.9 Å². The maximum absolute atomic E-state index is 14.7. The fourth-order valence-electron chi connectivity index (χ4n) is 6.43. The molecule has 1 aliphatic heterocycles. The van der Waals surface area contributed by atoms with Crippen LogP contribution in [0.3, 0.4) is 0 Å². The third kappa shape index (κ3) is 5.10. The molecule has 0 amide bonds. The van der Waals surface area contributed by atoms with Gasteiger partial charge in [-0.2, -0.15) is 0 Å². The molecule has 40 heavy (non-hydrogen) atoms. The van der Waals surface area contributed by atoms with Crippen LogP contribution in [-0.2, 0) is 31.4 Å². The fraction of sp³-hybridized carbons (Fsp3) is 0.441. The third-order valence-corrected chi connectivity index (χ3v) is 9.32. The van der Waals surface area contributed by atoms with E-state index >= 15 is 0 Å². The van der Waals surface area contributed by atoms with Gasteiger partial charge in [-0.25, -0.2) is 9.07 Å². The lowest BCUT2D eigenvalue weighted by molar-refractivity contribution is -0.125. The number of aromatic nitrogens is 3. The Hall–Kier alpha value is -3.38. The van der Waals surface area contributed by atoms with Crippen LogP contribution >= 0.6 is 0 Å². The van der Waals surface area contributed by atoms with Crippen molar-refractivity contribution in [3.63, 3.8) is 0 Å². The summed E-state index contributed by atoms with van der Waals surface area (Å²) in [5.74, 6) is 0.335. The van der Waals surface area contributed by atoms with Gasteiger partial charge in [0.05, 0.1) is 5.52 Å². The van der Waals surface area contributed by atoms with Crippen molar-refractivity contribution in [2.75, 3.05) is 6.54 Å². The van der Waals surface area contributed by atoms with Gasteiger partial charge in [-0.1, -0.05) is 68.8 Å². The maximum Gasteiger partial charge on any atom is 0.136 e. The van der Waals surface area contributed by atoms with E-state index in [9.17, 15) is 9.18 Å². The third-order valence-electron chi connectivity index (χ3n) is 9.32. The first kappa shape index (κ1) is 28.2. The lowest BCUT2D eigenvalue weighted by Gasteiger charge is -2.35. The van der Waals surface area contributed by atoms with Crippen LogP contribution in [0.2, 0.25) is 0 Å². The predicted molar refractivity (Wildman–Crippen MR) is 159 cm³/mol. The van der Waals surface area contributed by atoms with Crippen molar-refractivity contribution in [2.24, 2.45) is 18.4 Å². The molecule has 0 aliphatic carbocycles. The van der Waals surface area contributed by atoms with E-state index in [2.05, 4.69) is 72.4 Å². The van der Waals surface area contributed by atoms with Gasteiger partial charge in [0, 0.05) is 38.0 Å². The van der Waals surface area contributed by atoms with E-state index in [1.54, 1.807) is 17.7 Å². The van der Waals surface area contributed by atoms with E-state index in [0.717, 1.165) is 71.3 Å². The van der Waals surface area contributed by atoms with Crippen LogP contribution in [0.25, 0.3) is 11.0 Å². The Morgan fingerprint density at radius 2 is 1.93 bits per heavy atom. The summed E-state index contributed by atoms with van der Waals surface area (Å²) in [7, 11) is 1.90. The van der Waals surface area contributed by atoms with Crippen LogP contribution in [0.5, 0.6) is 0 Å². The summed E-state index contributed by atoms with van der Waals surface area (Å²) in [6.07, 6.45) is 1.80. The number of carbonyl (C=O) groups excluding carboxylic acids is 1. The average Bonchev–Trinajstić information content (AvgIpc) is 3.18. The summed E-state index contributed by atoms with van der Waals surface area (Å²) in [5.41, 5.74) is 8.95. The molecular weight excluding hydrogens is 499 g/mol. The van der Waals surface area contributed by atoms with Crippen LogP contribution < -0.4 is 0 Å². The molecule has 5 rings (SSSR count). The van der Waals surface area contributed by atoms with E-state index in [1.807, 2.05) is 27.0 Å². The molecule has 4 aromatic rings. The Balaban J connectivity index is 1.56. The molecular formula is C34H41FN4O. The van der Waals surface area contributed by atoms with Crippen LogP contribution in [0.15, 0.2) is 48.5 Å². The largest absolute Gasteiger partial charge is 0.299 e. The SMILES string of the molecule is CCC1Cc2c(F)cccc2CN(Cc2cc(C(c3ccc4c(nnn4C)c3C)C(C)(C)C(C)=O)ccc2C)C1. The molecule has 1 aromatic heterocycles. The molecule has 0 spiro atoms. The second-order valence-corrected chi connectivity index (χ2v) is 12.3. The second kappa shape index (κ2) is 10.9. The number of aryl methyl sites for hydroxylation is 3. The summed E-state index contributed by atoms with van der Waals surface area (Å²) >= 11 is 0. The van der Waals surface area contributed by atoms with E-state index in [4.69, 9.17) is 0 Å². The summed E-state index contributed by atoms with van der Waals surface area (Å²) in [4.78, 5) is 15.5. The van der Waals surface area contributed by atoms with Gasteiger partial charge >= 0.3 is 0 Å². The van der Waals surface area contributed by atoms with Crippen LogP contribution in [0.4, 0.5) is 4.39 Å². The number of benzene rings is 3. The molecule has 2 unspecified atom stereocenters. The van der Waals surface area contributed by atoms with Gasteiger partial charge in [0.25, 0.3) is 0 Å². The summed E-state index contributed by atoms with van der Waals surface area (Å²) in [5, 5.41) is 8.66. The Morgan fingerprint density at radius 3 is 2.65 bits per heavy atom. The Bertz CT molecular complexity index is 1570. The van der Waals surface area contributed by atoms with Crippen LogP contribution in [0, 0.1) is 31.0 Å². The van der Waals surface area contributed by atoms with E-state index in [0.29, 0.717) is 5.92 Å². The summed E-state index contributed by atoms with van der Waals surface area (Å²) < 4.78 is 16.5. The number of hydrogen-bond acceptors (Lipinski definition) is 4. The highest BCUT2D eigenvalue weighted by Gasteiger charge is 2.38. The standard InChI is InChI=1S/C34H41FN4O/c1-8-24-16-29-26(10-9-11-30(29)35)19-39(18-24)20-27-17-25(13-12-21(27)2)32(34(5,6)23(4)40)28-14-15-31-33(22(28)3)36-37-38(31)7/h9-15,17,24,32H,8,16,18-20H2,1-7H3. The topological polar surface area (TPSA) is 51.0 Å². The molecule has 0 fully saturated rings. The van der Waals surface area contributed by atoms with Crippen molar-refractivity contribution in [2.45, 2.75) is 73.4 Å². The average molecular weight is 541 g/mol. The van der Waals surface area contributed by atoms with Gasteiger partial charge in [0.15, 0.2) is 0 Å². The quantitative estimate of drug-likeness (QED) is 0.252. The summed E-state index contributed by atoms with van der Waals surface area (Å²) in [6, 6.07) is 16.4. The zero-order valence-corrected chi connectivity index (χ0v) is 24.9. The molecule has 0 saturated carbocycles. The molecule has 6 heteroatoms. The van der Waals surface area contributed by atoms with Gasteiger partial charge in [-0.3, -0.25) is 9.69 Å². The summed E-state index contributed by atoms with van der Waals surface area (Å²) in [6.45, 7) is 14.7. The van der Waals surface area contributed by atoms with Gasteiger partial charge in [0.1, 0.15) is 17.1 Å². The minimum atomic E-state index is -0.625. The highest BCUT2D eigenvalue weighted by molar-refractivity contribution is 5.85. The normalized spacial score (nSPS) is 17.1. The zero-order valence-electron chi connectivity index (χ0n) is 24.9. The Labute approximate surface area is 237 Å². The molecule has 3 aromatic carbocycles. The number of carbonyl (C=O) groups is 1. The highest BCUT2D eigenvalue weighted by Crippen LogP contribution is 2.44. The van der Waals surface area contributed by atoms with Gasteiger partial charge in [-0.15, -0.1) is 5.10 Å². The van der Waals surface area contributed by atoms with Gasteiger partial charge in [-0.05, 0) is 84.2 Å². The van der Waals surface area contributed by atoms with E-state index in [-0.39, 0.29) is 17.5 Å². The van der Waals surface area contributed by atoms with E-state index in [1.165, 1.54) is 11.1 Å². The molecule has 0 radical (unpaired) electrons. The zero-order chi connectivity index (χ0) is 28.8. The smallest absolute Gasteiger partial charge is 0.136 e. The lowest BCUT2D eigenvalue weighted by Crippen LogP contribution is -2.31. The molecule has 0 saturated heterocycles. The Kier molecular flexibility index (Phi) is 7.66. The molecule has 5 nitrogen and oxygen atoms in total. The van der Waals surface area contributed by atoms with Gasteiger partial charge < -0.3 is 0 Å². The molecule has 2 heterocycles. The second-order valence-electron chi connectivity index (χ2n) is 12.3. The Morgan fingerprint density at radius 1 is 1.15 bits per heavy atom.